The first kappa shape index (κ1) is 15.0. The largest absolute Gasteiger partial charge is 0.494 e. The van der Waals surface area contributed by atoms with Gasteiger partial charge in [-0.3, -0.25) is 4.79 Å². The minimum atomic E-state index is -0.398. The van der Waals surface area contributed by atoms with Crippen molar-refractivity contribution >= 4 is 5.78 Å². The Labute approximate surface area is 120 Å². The molecule has 0 heterocycles. The summed E-state index contributed by atoms with van der Waals surface area (Å²) in [6.07, 6.45) is 8.44. The lowest BCUT2D eigenvalue weighted by Crippen LogP contribution is -2.10. The molecular formula is C17H23FO2. The lowest BCUT2D eigenvalue weighted by atomic mass is 9.85. The van der Waals surface area contributed by atoms with Gasteiger partial charge in [-0.25, -0.2) is 4.39 Å². The van der Waals surface area contributed by atoms with Crippen LogP contribution in [0.1, 0.15) is 50.5 Å². The molecule has 0 aromatic heterocycles. The van der Waals surface area contributed by atoms with Gasteiger partial charge in [0.15, 0.2) is 11.6 Å². The Morgan fingerprint density at radius 2 is 2.05 bits per heavy atom. The average Bonchev–Trinajstić information content (AvgIpc) is 2.46. The SMILES string of the molecule is COc1ccc(CC(=O)CCC2CCCCC2)cc1F. The first-order valence-electron chi connectivity index (χ1n) is 7.53. The van der Waals surface area contributed by atoms with Crippen LogP contribution in [0.15, 0.2) is 18.2 Å². The van der Waals surface area contributed by atoms with Crippen LogP contribution in [0.25, 0.3) is 0 Å². The van der Waals surface area contributed by atoms with Crippen molar-refractivity contribution in [3.05, 3.63) is 29.6 Å². The maximum absolute atomic E-state index is 13.5. The van der Waals surface area contributed by atoms with Crippen LogP contribution >= 0.6 is 0 Å². The van der Waals surface area contributed by atoms with Gasteiger partial charge in [-0.2, -0.15) is 0 Å². The van der Waals surface area contributed by atoms with Gasteiger partial charge < -0.3 is 4.74 Å². The molecule has 0 spiro atoms. The molecule has 1 aliphatic carbocycles. The van der Waals surface area contributed by atoms with E-state index in [1.165, 1.54) is 45.3 Å². The predicted octanol–water partition coefficient (Wildman–Crippen LogP) is 4.31. The number of rotatable bonds is 6. The molecule has 0 atom stereocenters. The maximum atomic E-state index is 13.5. The van der Waals surface area contributed by atoms with Gasteiger partial charge in [-0.1, -0.05) is 38.2 Å². The monoisotopic (exact) mass is 278 g/mol. The van der Waals surface area contributed by atoms with E-state index in [4.69, 9.17) is 4.74 Å². The van der Waals surface area contributed by atoms with Crippen molar-refractivity contribution in [3.63, 3.8) is 0 Å². The zero-order valence-corrected chi connectivity index (χ0v) is 12.2. The van der Waals surface area contributed by atoms with Crippen molar-refractivity contribution in [1.29, 1.82) is 0 Å². The number of benzene rings is 1. The number of ether oxygens (including phenoxy) is 1. The highest BCUT2D eigenvalue weighted by Crippen LogP contribution is 2.27. The molecule has 0 aliphatic heterocycles. The summed E-state index contributed by atoms with van der Waals surface area (Å²) in [5, 5.41) is 0. The first-order valence-corrected chi connectivity index (χ1v) is 7.53. The van der Waals surface area contributed by atoms with Gasteiger partial charge in [0.05, 0.1) is 7.11 Å². The molecule has 3 heteroatoms. The van der Waals surface area contributed by atoms with Crippen molar-refractivity contribution in [2.24, 2.45) is 5.92 Å². The molecule has 0 unspecified atom stereocenters. The molecule has 2 nitrogen and oxygen atoms in total. The summed E-state index contributed by atoms with van der Waals surface area (Å²) in [6.45, 7) is 0. The van der Waals surface area contributed by atoms with E-state index in [2.05, 4.69) is 0 Å². The van der Waals surface area contributed by atoms with Crippen molar-refractivity contribution in [1.82, 2.24) is 0 Å². The Balaban J connectivity index is 1.80. The molecule has 20 heavy (non-hydrogen) atoms. The van der Waals surface area contributed by atoms with E-state index in [9.17, 15) is 9.18 Å². The number of halogens is 1. The van der Waals surface area contributed by atoms with Gasteiger partial charge >= 0.3 is 0 Å². The zero-order chi connectivity index (χ0) is 14.4. The summed E-state index contributed by atoms with van der Waals surface area (Å²) in [4.78, 5) is 12.0. The van der Waals surface area contributed by atoms with Gasteiger partial charge in [0.2, 0.25) is 0 Å². The molecule has 1 aliphatic rings. The lowest BCUT2D eigenvalue weighted by molar-refractivity contribution is -0.118. The number of hydrogen-bond acceptors (Lipinski definition) is 2. The smallest absolute Gasteiger partial charge is 0.165 e. The summed E-state index contributed by atoms with van der Waals surface area (Å²) in [7, 11) is 1.44. The molecule has 1 aromatic carbocycles. The Morgan fingerprint density at radius 1 is 1.30 bits per heavy atom. The third-order valence-electron chi connectivity index (χ3n) is 4.17. The normalized spacial score (nSPS) is 16.1. The van der Waals surface area contributed by atoms with Gasteiger partial charge in [0.1, 0.15) is 5.78 Å². The highest BCUT2D eigenvalue weighted by Gasteiger charge is 2.15. The van der Waals surface area contributed by atoms with Gasteiger partial charge in [-0.15, -0.1) is 0 Å². The summed E-state index contributed by atoms with van der Waals surface area (Å²) in [5.41, 5.74) is 0.733. The second-order valence-electron chi connectivity index (χ2n) is 5.73. The number of ketones is 1. The van der Waals surface area contributed by atoms with E-state index < -0.39 is 5.82 Å². The Hall–Kier alpha value is -1.38. The molecular weight excluding hydrogens is 255 g/mol. The molecule has 0 amide bonds. The molecule has 0 bridgehead atoms. The topological polar surface area (TPSA) is 26.3 Å². The van der Waals surface area contributed by atoms with Crippen LogP contribution in [-0.2, 0) is 11.2 Å². The van der Waals surface area contributed by atoms with Crippen molar-refractivity contribution in [2.45, 2.75) is 51.4 Å². The summed E-state index contributed by atoms with van der Waals surface area (Å²) >= 11 is 0. The maximum Gasteiger partial charge on any atom is 0.165 e. The highest BCUT2D eigenvalue weighted by atomic mass is 19.1. The average molecular weight is 278 g/mol. The first-order chi connectivity index (χ1) is 9.69. The number of Topliss-reactive ketones (excluding diaryl/α,β-unsaturated/α-hetero) is 1. The van der Waals surface area contributed by atoms with Crippen molar-refractivity contribution in [2.75, 3.05) is 7.11 Å². The van der Waals surface area contributed by atoms with E-state index in [-0.39, 0.29) is 11.5 Å². The zero-order valence-electron chi connectivity index (χ0n) is 12.2. The van der Waals surface area contributed by atoms with Crippen molar-refractivity contribution in [3.8, 4) is 5.75 Å². The Bertz CT molecular complexity index is 450. The second kappa shape index (κ2) is 7.41. The minimum Gasteiger partial charge on any atom is -0.494 e. The van der Waals surface area contributed by atoms with Gasteiger partial charge in [0, 0.05) is 12.8 Å². The van der Waals surface area contributed by atoms with Crippen LogP contribution < -0.4 is 4.74 Å². The minimum absolute atomic E-state index is 0.208. The molecule has 0 saturated heterocycles. The molecule has 0 N–H and O–H groups in total. The lowest BCUT2D eigenvalue weighted by Gasteiger charge is -2.20. The molecule has 2 rings (SSSR count). The van der Waals surface area contributed by atoms with Crippen LogP contribution in [0.4, 0.5) is 4.39 Å². The molecule has 1 aromatic rings. The van der Waals surface area contributed by atoms with Crippen LogP contribution in [-0.4, -0.2) is 12.9 Å². The van der Waals surface area contributed by atoms with Crippen LogP contribution in [0.5, 0.6) is 5.75 Å². The fraction of sp³-hybridized carbons (Fsp3) is 0.588. The molecule has 1 saturated carbocycles. The summed E-state index contributed by atoms with van der Waals surface area (Å²) in [6, 6.07) is 4.75. The van der Waals surface area contributed by atoms with E-state index >= 15 is 0 Å². The molecule has 1 fully saturated rings. The fourth-order valence-corrected chi connectivity index (χ4v) is 2.98. The predicted molar refractivity (Wildman–Crippen MR) is 77.5 cm³/mol. The Kier molecular flexibility index (Phi) is 5.57. The van der Waals surface area contributed by atoms with Gasteiger partial charge in [-0.05, 0) is 30.0 Å². The van der Waals surface area contributed by atoms with E-state index in [1.54, 1.807) is 12.1 Å². The fourth-order valence-electron chi connectivity index (χ4n) is 2.98. The van der Waals surface area contributed by atoms with Crippen LogP contribution in [0.2, 0.25) is 0 Å². The van der Waals surface area contributed by atoms with E-state index in [1.807, 2.05) is 0 Å². The van der Waals surface area contributed by atoms with Crippen LogP contribution in [0.3, 0.4) is 0 Å². The van der Waals surface area contributed by atoms with E-state index in [0.717, 1.165) is 17.9 Å². The Morgan fingerprint density at radius 3 is 2.70 bits per heavy atom. The number of hydrogen-bond donors (Lipinski definition) is 0. The number of methoxy groups -OCH3 is 1. The quantitative estimate of drug-likeness (QED) is 0.775. The second-order valence-corrected chi connectivity index (χ2v) is 5.73. The molecule has 110 valence electrons. The van der Waals surface area contributed by atoms with Gasteiger partial charge in [0.25, 0.3) is 0 Å². The number of carbonyl (C=O) groups excluding carboxylic acids is 1. The third-order valence-corrected chi connectivity index (χ3v) is 4.17. The summed E-state index contributed by atoms with van der Waals surface area (Å²) in [5.74, 6) is 0.758. The highest BCUT2D eigenvalue weighted by molar-refractivity contribution is 5.80. The third kappa shape index (κ3) is 4.32. The number of carbonyl (C=O) groups is 1. The summed E-state index contributed by atoms with van der Waals surface area (Å²) < 4.78 is 18.4. The van der Waals surface area contributed by atoms with E-state index in [0.29, 0.717) is 12.8 Å². The van der Waals surface area contributed by atoms with Crippen LogP contribution in [0, 0.1) is 11.7 Å². The molecule has 0 radical (unpaired) electrons. The van der Waals surface area contributed by atoms with Crippen molar-refractivity contribution < 1.29 is 13.9 Å². The standard InChI is InChI=1S/C17H23FO2/c1-20-17-10-8-14(12-16(17)18)11-15(19)9-7-13-5-3-2-4-6-13/h8,10,12-13H,2-7,9,11H2,1H3.